The molecule has 0 rings (SSSR count). The molecule has 0 aromatic heterocycles. The van der Waals surface area contributed by atoms with E-state index in [0.717, 1.165) is 13.0 Å². The maximum absolute atomic E-state index is 11.0. The largest absolute Gasteiger partial charge is 0.462 e. The second kappa shape index (κ2) is 6.79. The van der Waals surface area contributed by atoms with Crippen LogP contribution >= 0.6 is 0 Å². The zero-order chi connectivity index (χ0) is 11.0. The number of rotatable bonds is 7. The molecule has 0 aromatic rings. The summed E-state index contributed by atoms with van der Waals surface area (Å²) in [6.07, 6.45) is 1.06. The van der Waals surface area contributed by atoms with Gasteiger partial charge in [-0.25, -0.2) is 4.79 Å². The van der Waals surface area contributed by atoms with Gasteiger partial charge in [0.25, 0.3) is 0 Å². The molecule has 4 heteroatoms. The molecule has 0 aliphatic heterocycles. The Balaban J connectivity index is 3.68. The summed E-state index contributed by atoms with van der Waals surface area (Å²) in [6.45, 7) is 7.42. The van der Waals surface area contributed by atoms with E-state index in [1.807, 2.05) is 13.8 Å². The quantitative estimate of drug-likeness (QED) is 0.626. The lowest BCUT2D eigenvalue weighted by Crippen LogP contribution is -2.44. The highest BCUT2D eigenvalue weighted by Gasteiger charge is 2.18. The number of ether oxygens (including phenoxy) is 2. The number of nitrogens with one attached hydrogen (secondary N) is 1. The molecular weight excluding hydrogens is 182 g/mol. The van der Waals surface area contributed by atoms with Gasteiger partial charge >= 0.3 is 5.97 Å². The van der Waals surface area contributed by atoms with Crippen molar-refractivity contribution >= 4 is 5.97 Å². The Morgan fingerprint density at radius 1 is 1.43 bits per heavy atom. The molecule has 1 N–H and O–H groups in total. The highest BCUT2D eigenvalue weighted by atomic mass is 16.6. The molecule has 0 saturated heterocycles. The average Bonchev–Trinajstić information content (AvgIpc) is 2.13. The van der Waals surface area contributed by atoms with Gasteiger partial charge in [0.2, 0.25) is 0 Å². The van der Waals surface area contributed by atoms with Crippen LogP contribution in [0.2, 0.25) is 0 Å². The summed E-state index contributed by atoms with van der Waals surface area (Å²) in [7, 11) is 1.47. The number of hydrogen-bond acceptors (Lipinski definition) is 4. The predicted octanol–water partition coefficient (Wildman–Crippen LogP) is 0.954. The summed E-state index contributed by atoms with van der Waals surface area (Å²) < 4.78 is 9.67. The van der Waals surface area contributed by atoms with Crippen molar-refractivity contribution < 1.29 is 14.3 Å². The fraction of sp³-hybridized carbons (Fsp3) is 0.900. The highest BCUT2D eigenvalue weighted by Crippen LogP contribution is 2.02. The monoisotopic (exact) mass is 203 g/mol. The first-order valence-electron chi connectivity index (χ1n) is 4.91. The van der Waals surface area contributed by atoms with Gasteiger partial charge < -0.3 is 14.8 Å². The molecule has 0 saturated carbocycles. The van der Waals surface area contributed by atoms with Crippen molar-refractivity contribution in [1.29, 1.82) is 0 Å². The molecule has 0 atom stereocenters. The molecule has 0 aliphatic carbocycles. The third-order valence-corrected chi connectivity index (χ3v) is 1.71. The topological polar surface area (TPSA) is 47.6 Å². The van der Waals surface area contributed by atoms with E-state index in [2.05, 4.69) is 17.0 Å². The van der Waals surface area contributed by atoms with Crippen LogP contribution in [0.4, 0.5) is 0 Å². The molecule has 0 heterocycles. The van der Waals surface area contributed by atoms with Crippen LogP contribution in [0.5, 0.6) is 0 Å². The van der Waals surface area contributed by atoms with E-state index in [1.54, 1.807) is 0 Å². The molecule has 0 radical (unpaired) electrons. The van der Waals surface area contributed by atoms with Crippen LogP contribution in [0.3, 0.4) is 0 Å². The Labute approximate surface area is 86.0 Å². The van der Waals surface area contributed by atoms with Crippen LogP contribution in [0, 0.1) is 0 Å². The third-order valence-electron chi connectivity index (χ3n) is 1.71. The smallest absolute Gasteiger partial charge is 0.332 e. The minimum atomic E-state index is -0.320. The van der Waals surface area contributed by atoms with Crippen molar-refractivity contribution in [2.75, 3.05) is 26.9 Å². The minimum absolute atomic E-state index is 0.0177. The molecule has 0 aliphatic rings. The molecule has 14 heavy (non-hydrogen) atoms. The van der Waals surface area contributed by atoms with E-state index >= 15 is 0 Å². The normalized spacial score (nSPS) is 11.4. The van der Waals surface area contributed by atoms with Crippen LogP contribution in [0.1, 0.15) is 27.2 Å². The third kappa shape index (κ3) is 6.86. The lowest BCUT2D eigenvalue weighted by Gasteiger charge is -2.25. The van der Waals surface area contributed by atoms with E-state index in [0.29, 0.717) is 6.61 Å². The summed E-state index contributed by atoms with van der Waals surface area (Å²) in [5.74, 6) is -0.320. The predicted molar refractivity (Wildman–Crippen MR) is 55.2 cm³/mol. The fourth-order valence-electron chi connectivity index (χ4n) is 0.935. The summed E-state index contributed by atoms with van der Waals surface area (Å²) in [5.41, 5.74) is -0.167. The maximum atomic E-state index is 11.0. The van der Waals surface area contributed by atoms with Gasteiger partial charge in [0.05, 0.1) is 0 Å². The number of esters is 1. The van der Waals surface area contributed by atoms with Crippen LogP contribution in [0.15, 0.2) is 0 Å². The van der Waals surface area contributed by atoms with Gasteiger partial charge in [-0.1, -0.05) is 6.92 Å². The first kappa shape index (κ1) is 13.4. The second-order valence-corrected chi connectivity index (χ2v) is 3.90. The van der Waals surface area contributed by atoms with Gasteiger partial charge in [-0.15, -0.1) is 0 Å². The Hall–Kier alpha value is -0.610. The van der Waals surface area contributed by atoms with Crippen LogP contribution in [-0.2, 0) is 14.3 Å². The minimum Gasteiger partial charge on any atom is -0.462 e. The molecule has 0 spiro atoms. The zero-order valence-corrected chi connectivity index (χ0v) is 9.55. The summed E-state index contributed by atoms with van der Waals surface area (Å²) in [4.78, 5) is 11.0. The molecule has 4 nitrogen and oxygen atoms in total. The molecule has 0 fully saturated rings. The summed E-state index contributed by atoms with van der Waals surface area (Å²) in [5, 5.41) is 3.29. The summed E-state index contributed by atoms with van der Waals surface area (Å²) in [6, 6.07) is 0. The van der Waals surface area contributed by atoms with E-state index < -0.39 is 0 Å². The SMILES string of the molecule is CCCNC(C)(C)COC(=O)COC. The number of carbonyl (C=O) groups is 1. The molecular formula is C10H21NO3. The first-order chi connectivity index (χ1) is 6.52. The average molecular weight is 203 g/mol. The number of hydrogen-bond donors (Lipinski definition) is 1. The van der Waals surface area contributed by atoms with Gasteiger partial charge in [-0.05, 0) is 26.8 Å². The van der Waals surface area contributed by atoms with E-state index in [1.165, 1.54) is 7.11 Å². The Kier molecular flexibility index (Phi) is 6.49. The number of carbonyl (C=O) groups excluding carboxylic acids is 1. The maximum Gasteiger partial charge on any atom is 0.332 e. The van der Waals surface area contributed by atoms with Crippen molar-refractivity contribution in [3.8, 4) is 0 Å². The number of methoxy groups -OCH3 is 1. The Morgan fingerprint density at radius 2 is 2.07 bits per heavy atom. The van der Waals surface area contributed by atoms with Crippen molar-refractivity contribution in [1.82, 2.24) is 5.32 Å². The van der Waals surface area contributed by atoms with Crippen molar-refractivity contribution in [2.24, 2.45) is 0 Å². The fourth-order valence-corrected chi connectivity index (χ4v) is 0.935. The van der Waals surface area contributed by atoms with Gasteiger partial charge in [0.1, 0.15) is 13.2 Å². The molecule has 0 amide bonds. The van der Waals surface area contributed by atoms with E-state index in [-0.39, 0.29) is 18.1 Å². The standard InChI is InChI=1S/C10H21NO3/c1-5-6-11-10(2,3)8-14-9(12)7-13-4/h11H,5-8H2,1-4H3. The van der Waals surface area contributed by atoms with Gasteiger partial charge in [0.15, 0.2) is 0 Å². The van der Waals surface area contributed by atoms with Crippen molar-refractivity contribution in [2.45, 2.75) is 32.7 Å². The lowest BCUT2D eigenvalue weighted by atomic mass is 10.1. The second-order valence-electron chi connectivity index (χ2n) is 3.90. The van der Waals surface area contributed by atoms with Crippen LogP contribution < -0.4 is 5.32 Å². The van der Waals surface area contributed by atoms with Crippen molar-refractivity contribution in [3.05, 3.63) is 0 Å². The zero-order valence-electron chi connectivity index (χ0n) is 9.55. The Bertz CT molecular complexity index is 169. The molecule has 0 bridgehead atoms. The summed E-state index contributed by atoms with van der Waals surface area (Å²) >= 11 is 0. The lowest BCUT2D eigenvalue weighted by molar-refractivity contribution is -0.149. The highest BCUT2D eigenvalue weighted by molar-refractivity contribution is 5.70. The van der Waals surface area contributed by atoms with E-state index in [4.69, 9.17) is 4.74 Å². The van der Waals surface area contributed by atoms with Gasteiger partial charge in [-0.3, -0.25) is 0 Å². The van der Waals surface area contributed by atoms with E-state index in [9.17, 15) is 4.79 Å². The Morgan fingerprint density at radius 3 is 2.57 bits per heavy atom. The molecule has 0 unspecified atom stereocenters. The van der Waals surface area contributed by atoms with Crippen LogP contribution in [0.25, 0.3) is 0 Å². The molecule has 84 valence electrons. The van der Waals surface area contributed by atoms with Gasteiger partial charge in [0, 0.05) is 12.6 Å². The van der Waals surface area contributed by atoms with Gasteiger partial charge in [-0.2, -0.15) is 0 Å². The van der Waals surface area contributed by atoms with Crippen LogP contribution in [-0.4, -0.2) is 38.4 Å². The van der Waals surface area contributed by atoms with Crippen molar-refractivity contribution in [3.63, 3.8) is 0 Å². The molecule has 0 aromatic carbocycles. The first-order valence-corrected chi connectivity index (χ1v) is 4.91.